The fourth-order valence-electron chi connectivity index (χ4n) is 9.12. The second-order valence-electron chi connectivity index (χ2n) is 16.6. The molecule has 10 heteroatoms. The van der Waals surface area contributed by atoms with Crippen molar-refractivity contribution in [3.8, 4) is 23.3 Å². The number of hydrogen-bond donors (Lipinski definition) is 0. The summed E-state index contributed by atoms with van der Waals surface area (Å²) in [4.78, 5) is 41.0. The Morgan fingerprint density at radius 3 is 2.33 bits per heavy atom. The first-order valence-corrected chi connectivity index (χ1v) is 18.5. The van der Waals surface area contributed by atoms with Crippen LogP contribution in [0.2, 0.25) is 0 Å². The van der Waals surface area contributed by atoms with Crippen molar-refractivity contribution in [1.29, 1.82) is 0 Å². The van der Waals surface area contributed by atoms with Crippen molar-refractivity contribution in [1.82, 2.24) is 19.7 Å². The van der Waals surface area contributed by atoms with E-state index in [2.05, 4.69) is 49.3 Å². The Bertz CT molecular complexity index is 1730. The molecule has 0 bridgehead atoms. The Morgan fingerprint density at radius 1 is 1.02 bits per heavy atom. The topological polar surface area (TPSA) is 88.8 Å². The molecule has 4 aliphatic rings. The second kappa shape index (κ2) is 14.0. The van der Waals surface area contributed by atoms with E-state index in [-0.39, 0.29) is 35.0 Å². The Labute approximate surface area is 303 Å². The molecule has 2 aliphatic carbocycles. The molecular weight excluding hydrogens is 642 g/mol. The predicted molar refractivity (Wildman–Crippen MR) is 196 cm³/mol. The van der Waals surface area contributed by atoms with E-state index in [1.807, 2.05) is 55.7 Å². The van der Waals surface area contributed by atoms with Crippen LogP contribution in [-0.2, 0) is 11.3 Å². The van der Waals surface area contributed by atoms with Crippen molar-refractivity contribution >= 4 is 17.7 Å². The molecule has 10 nitrogen and oxygen atoms in total. The summed E-state index contributed by atoms with van der Waals surface area (Å²) < 4.78 is 17.8. The van der Waals surface area contributed by atoms with E-state index in [4.69, 9.17) is 25.8 Å². The number of hydrogen-bond acceptors (Lipinski definition) is 7. The maximum atomic E-state index is 13.8. The smallest absolute Gasteiger partial charge is 0.410 e. The van der Waals surface area contributed by atoms with Crippen molar-refractivity contribution in [3.63, 3.8) is 0 Å². The van der Waals surface area contributed by atoms with Gasteiger partial charge in [-0.3, -0.25) is 9.69 Å². The number of rotatable bonds is 6. The van der Waals surface area contributed by atoms with Gasteiger partial charge in [0.2, 0.25) is 5.69 Å². The van der Waals surface area contributed by atoms with Gasteiger partial charge in [-0.1, -0.05) is 33.6 Å². The molecule has 3 heterocycles. The second-order valence-corrected chi connectivity index (χ2v) is 16.6. The first-order valence-electron chi connectivity index (χ1n) is 18.5. The number of fused-ring (bicyclic) bond motifs is 1. The Balaban J connectivity index is 1.04. The lowest BCUT2D eigenvalue weighted by Gasteiger charge is -2.65. The Kier molecular flexibility index (Phi) is 10.0. The molecule has 0 N–H and O–H groups in total. The molecule has 0 atom stereocenters. The first-order chi connectivity index (χ1) is 24.1. The summed E-state index contributed by atoms with van der Waals surface area (Å²) in [5.74, 6) is 8.35. The number of piperazine rings is 1. The highest BCUT2D eigenvalue weighted by molar-refractivity contribution is 5.98. The number of carbonyl (C=O) groups is 2. The lowest BCUT2D eigenvalue weighted by atomic mass is 9.49. The van der Waals surface area contributed by atoms with Gasteiger partial charge in [-0.05, 0) is 83.6 Å². The number of pyridine rings is 1. The minimum atomic E-state index is -0.475. The van der Waals surface area contributed by atoms with Crippen molar-refractivity contribution in [3.05, 3.63) is 58.7 Å². The summed E-state index contributed by atoms with van der Waals surface area (Å²) >= 11 is 0. The molecule has 0 spiro atoms. The van der Waals surface area contributed by atoms with Gasteiger partial charge in [0.15, 0.2) is 0 Å². The summed E-state index contributed by atoms with van der Waals surface area (Å²) in [6.07, 6.45) is 3.92. The van der Waals surface area contributed by atoms with Crippen LogP contribution in [0.5, 0.6) is 11.5 Å². The van der Waals surface area contributed by atoms with Crippen LogP contribution in [0.3, 0.4) is 0 Å². The molecule has 2 saturated carbocycles. The van der Waals surface area contributed by atoms with Gasteiger partial charge in [0.05, 0.1) is 31.0 Å². The highest BCUT2D eigenvalue weighted by Crippen LogP contribution is 2.59. The number of benzene rings is 1. The first kappa shape index (κ1) is 36.5. The Morgan fingerprint density at radius 2 is 1.71 bits per heavy atom. The van der Waals surface area contributed by atoms with Crippen molar-refractivity contribution in [2.45, 2.75) is 111 Å². The average molecular weight is 696 g/mol. The van der Waals surface area contributed by atoms with Crippen LogP contribution in [0, 0.1) is 35.2 Å². The lowest BCUT2D eigenvalue weighted by molar-refractivity contribution is -0.199. The van der Waals surface area contributed by atoms with Crippen LogP contribution in [0.15, 0.2) is 30.3 Å². The fraction of sp³-hybridized carbons (Fsp3) is 0.610. The van der Waals surface area contributed by atoms with Gasteiger partial charge in [-0.15, -0.1) is 0 Å². The molecule has 6 rings (SSSR count). The van der Waals surface area contributed by atoms with Crippen LogP contribution >= 0.6 is 0 Å². The van der Waals surface area contributed by atoms with Gasteiger partial charge in [0, 0.05) is 61.1 Å². The van der Waals surface area contributed by atoms with Gasteiger partial charge in [0.25, 0.3) is 5.91 Å². The lowest BCUT2D eigenvalue weighted by Crippen LogP contribution is -2.74. The third-order valence-electron chi connectivity index (χ3n) is 11.0. The van der Waals surface area contributed by atoms with Crippen LogP contribution in [0.4, 0.5) is 10.5 Å². The van der Waals surface area contributed by atoms with Gasteiger partial charge in [0.1, 0.15) is 28.9 Å². The standard InChI is InChI=1S/C41H53N5O5/c1-10-49-34-25-30(18-20-32(34)42-9)50-37-40(5,6)36(41(37,7)8)46-26-33-31(35(46)47)19-15-28(43-33)14-11-27-12-16-29(17-13-27)44-21-23-45(24-22-44)38(48)51-39(2,3)4/h15,18-20,25,27,29,36-37H,10,12-13,16-17,21-24,26H2,1-8H3. The maximum absolute atomic E-state index is 13.8. The van der Waals surface area contributed by atoms with Gasteiger partial charge >= 0.3 is 6.09 Å². The normalized spacial score (nSPS) is 25.5. The van der Waals surface area contributed by atoms with Gasteiger partial charge in [-0.2, -0.15) is 0 Å². The third kappa shape index (κ3) is 7.39. The summed E-state index contributed by atoms with van der Waals surface area (Å²) in [5.41, 5.74) is 1.47. The number of amides is 2. The molecule has 2 amide bonds. The summed E-state index contributed by atoms with van der Waals surface area (Å²) in [6, 6.07) is 9.60. The van der Waals surface area contributed by atoms with Crippen molar-refractivity contribution in [2.75, 3.05) is 32.8 Å². The highest BCUT2D eigenvalue weighted by atomic mass is 16.6. The van der Waals surface area contributed by atoms with E-state index in [0.717, 1.165) is 44.5 Å². The third-order valence-corrected chi connectivity index (χ3v) is 11.0. The number of ether oxygens (including phenoxy) is 3. The number of carbonyl (C=O) groups excluding carboxylic acids is 2. The molecule has 0 unspecified atom stereocenters. The van der Waals surface area contributed by atoms with E-state index in [1.165, 1.54) is 0 Å². The zero-order valence-electron chi connectivity index (χ0n) is 31.5. The molecular formula is C41H53N5O5. The van der Waals surface area contributed by atoms with Crippen molar-refractivity contribution in [2.24, 2.45) is 16.7 Å². The predicted octanol–water partition coefficient (Wildman–Crippen LogP) is 7.33. The summed E-state index contributed by atoms with van der Waals surface area (Å²) in [7, 11) is 0. The number of aromatic nitrogens is 1. The van der Waals surface area contributed by atoms with Gasteiger partial charge < -0.3 is 24.0 Å². The van der Waals surface area contributed by atoms with Crippen molar-refractivity contribution < 1.29 is 23.8 Å². The van der Waals surface area contributed by atoms with Gasteiger partial charge in [-0.25, -0.2) is 14.6 Å². The molecule has 51 heavy (non-hydrogen) atoms. The molecule has 1 aromatic carbocycles. The highest BCUT2D eigenvalue weighted by Gasteiger charge is 2.67. The van der Waals surface area contributed by atoms with E-state index >= 15 is 0 Å². The van der Waals surface area contributed by atoms with Crippen LogP contribution in [0.25, 0.3) is 4.85 Å². The zero-order chi connectivity index (χ0) is 36.7. The SMILES string of the molecule is [C-]#[N+]c1ccc(OC2C(C)(C)C(N3Cc4nc(C#CC5CCC(N6CCN(C(=O)OC(C)(C)C)CC6)CC5)ccc4C3=O)C2(C)C)cc1OCC. The van der Waals surface area contributed by atoms with Crippen LogP contribution in [0.1, 0.15) is 103 Å². The van der Waals surface area contributed by atoms with E-state index in [1.54, 1.807) is 12.1 Å². The fourth-order valence-corrected chi connectivity index (χ4v) is 9.12. The van der Waals surface area contributed by atoms with E-state index in [0.29, 0.717) is 66.6 Å². The number of nitrogens with zero attached hydrogens (tertiary/aromatic N) is 5. The molecule has 1 saturated heterocycles. The molecule has 0 radical (unpaired) electrons. The monoisotopic (exact) mass is 695 g/mol. The van der Waals surface area contributed by atoms with E-state index in [9.17, 15) is 9.59 Å². The Hall–Kier alpha value is -4.28. The van der Waals surface area contributed by atoms with E-state index < -0.39 is 5.60 Å². The zero-order valence-corrected chi connectivity index (χ0v) is 31.5. The quantitative estimate of drug-likeness (QED) is 0.231. The average Bonchev–Trinajstić information content (AvgIpc) is 3.39. The molecule has 3 fully saturated rings. The van der Waals surface area contributed by atoms with Crippen LogP contribution in [-0.4, -0.2) is 88.3 Å². The molecule has 272 valence electrons. The summed E-state index contributed by atoms with van der Waals surface area (Å²) in [6.45, 7) is 27.8. The minimum Gasteiger partial charge on any atom is -0.505 e. The molecule has 2 aromatic rings. The molecule has 1 aromatic heterocycles. The summed E-state index contributed by atoms with van der Waals surface area (Å²) in [5, 5.41) is 0. The minimum absolute atomic E-state index is 0.00639. The largest absolute Gasteiger partial charge is 0.505 e. The van der Waals surface area contributed by atoms with Crippen LogP contribution < -0.4 is 9.47 Å². The maximum Gasteiger partial charge on any atom is 0.410 e. The molecule has 2 aliphatic heterocycles.